The average molecular weight is 1510 g/mol. The second kappa shape index (κ2) is 75.5. The molecule has 0 fully saturated rings. The lowest BCUT2D eigenvalue weighted by molar-refractivity contribution is -0.161. The maximum absolute atomic E-state index is 13.1. The minimum absolute atomic E-state index is 0.106. The Morgan fingerprint density at radius 3 is 0.738 bits per heavy atom. The van der Waals surface area contributed by atoms with Gasteiger partial charge in [-0.05, 0) is 37.5 Å². The second-order valence-electron chi connectivity index (χ2n) is 30.9. The molecule has 17 nitrogen and oxygen atoms in total. The zero-order valence-corrected chi connectivity index (χ0v) is 69.4. The lowest BCUT2D eigenvalue weighted by atomic mass is 9.99. The number of phosphoric acid groups is 2. The first-order valence-electron chi connectivity index (χ1n) is 43.5. The highest BCUT2D eigenvalue weighted by Gasteiger charge is 2.30. The Balaban J connectivity index is 5.23. The van der Waals surface area contributed by atoms with E-state index in [1.165, 1.54) is 263 Å². The average Bonchev–Trinajstić information content (AvgIpc) is 0.947. The molecule has 19 heteroatoms. The van der Waals surface area contributed by atoms with Gasteiger partial charge >= 0.3 is 39.5 Å². The van der Waals surface area contributed by atoms with Crippen molar-refractivity contribution < 1.29 is 80.2 Å². The molecule has 0 aromatic carbocycles. The van der Waals surface area contributed by atoms with E-state index in [-0.39, 0.29) is 25.7 Å². The minimum atomic E-state index is -4.96. The molecule has 103 heavy (non-hydrogen) atoms. The first kappa shape index (κ1) is 101. The molecule has 0 saturated carbocycles. The molecule has 3 N–H and O–H groups in total. The van der Waals surface area contributed by atoms with E-state index < -0.39 is 97.5 Å². The van der Waals surface area contributed by atoms with Crippen molar-refractivity contribution in [1.29, 1.82) is 0 Å². The van der Waals surface area contributed by atoms with E-state index in [1.807, 2.05) is 0 Å². The molecule has 6 atom stereocenters. The van der Waals surface area contributed by atoms with Crippen molar-refractivity contribution in [3.63, 3.8) is 0 Å². The van der Waals surface area contributed by atoms with E-state index in [0.29, 0.717) is 25.7 Å². The molecule has 0 radical (unpaired) electrons. The van der Waals surface area contributed by atoms with Crippen LogP contribution < -0.4 is 0 Å². The van der Waals surface area contributed by atoms with E-state index in [1.54, 1.807) is 0 Å². The standard InChI is InChI=1S/C84H164O17P2/c1-7-10-12-14-16-18-20-22-24-26-27-28-29-30-31-33-35-37-42-50-56-62-68-83(88)100-79(72-94-81(86)66-60-54-48-41-36-34-32-25-23-21-19-17-15-13-11-8-2)74-98-102(90,91)96-70-78(85)71-97-103(92,93)99-75-80(73-95-82(87)67-61-55-49-45-44-47-53-59-65-77(6)9-3)101-84(89)69-63-57-51-43-39-38-40-46-52-58-64-76(4)5/h76-80,85H,7-75H2,1-6H3,(H,90,91)(H,92,93)/t77?,78-,79-,80-/m1/s1. The largest absolute Gasteiger partial charge is 0.472 e. The molecule has 0 aliphatic rings. The van der Waals surface area contributed by atoms with Gasteiger partial charge in [0.25, 0.3) is 0 Å². The molecular weight excluding hydrogens is 1340 g/mol. The van der Waals surface area contributed by atoms with Crippen LogP contribution in [0.2, 0.25) is 0 Å². The summed E-state index contributed by atoms with van der Waals surface area (Å²) in [5.41, 5.74) is 0. The summed E-state index contributed by atoms with van der Waals surface area (Å²) in [5.74, 6) is -0.577. The molecule has 0 spiro atoms. The molecule has 0 aromatic heterocycles. The van der Waals surface area contributed by atoms with Gasteiger partial charge in [0.05, 0.1) is 26.4 Å². The fourth-order valence-electron chi connectivity index (χ4n) is 13.0. The van der Waals surface area contributed by atoms with Crippen LogP contribution in [0.4, 0.5) is 0 Å². The van der Waals surface area contributed by atoms with Gasteiger partial charge in [0.1, 0.15) is 19.3 Å². The molecule has 0 heterocycles. The molecular formula is C84H164O17P2. The van der Waals surface area contributed by atoms with E-state index in [0.717, 1.165) is 102 Å². The molecule has 0 aromatic rings. The molecule has 0 aliphatic heterocycles. The molecule has 0 amide bonds. The van der Waals surface area contributed by atoms with Crippen molar-refractivity contribution in [2.24, 2.45) is 11.8 Å². The highest BCUT2D eigenvalue weighted by molar-refractivity contribution is 7.47. The SMILES string of the molecule is CCCCCCCCCCCCCCCCCCCCCCCCC(=O)O[C@H](COC(=O)CCCCCCCCCCCCCCCCCC)COP(=O)(O)OC[C@@H](O)COP(=O)(O)OC[C@@H](COC(=O)CCCCCCCCCCC(C)CC)OC(=O)CCCCCCCCCCCCC(C)C. The fraction of sp³-hybridized carbons (Fsp3) is 0.952. The Hall–Kier alpha value is -1.94. The molecule has 0 rings (SSSR count). The van der Waals surface area contributed by atoms with E-state index in [2.05, 4.69) is 41.5 Å². The lowest BCUT2D eigenvalue weighted by Gasteiger charge is -2.21. The summed E-state index contributed by atoms with van der Waals surface area (Å²) in [5, 5.41) is 10.7. The Bertz CT molecular complexity index is 1980. The van der Waals surface area contributed by atoms with Gasteiger partial charge in [-0.2, -0.15) is 0 Å². The summed E-state index contributed by atoms with van der Waals surface area (Å²) in [6, 6.07) is 0. The Morgan fingerprint density at radius 1 is 0.282 bits per heavy atom. The van der Waals surface area contributed by atoms with Gasteiger partial charge < -0.3 is 33.8 Å². The maximum Gasteiger partial charge on any atom is 0.472 e. The molecule has 612 valence electrons. The quantitative estimate of drug-likeness (QED) is 0.0222. The van der Waals surface area contributed by atoms with Crippen LogP contribution in [-0.2, 0) is 65.4 Å². The van der Waals surface area contributed by atoms with Gasteiger partial charge in [0.15, 0.2) is 12.2 Å². The molecule has 0 saturated heterocycles. The number of hydrogen-bond donors (Lipinski definition) is 3. The predicted molar refractivity (Wildman–Crippen MR) is 423 cm³/mol. The first-order valence-corrected chi connectivity index (χ1v) is 46.5. The third-order valence-electron chi connectivity index (χ3n) is 20.1. The first-order chi connectivity index (χ1) is 49.9. The van der Waals surface area contributed by atoms with Gasteiger partial charge in [-0.25, -0.2) is 9.13 Å². The second-order valence-corrected chi connectivity index (χ2v) is 33.8. The number of unbranched alkanes of at least 4 members (excludes halogenated alkanes) is 52. The van der Waals surface area contributed by atoms with Crippen LogP contribution in [0.5, 0.6) is 0 Å². The summed E-state index contributed by atoms with van der Waals surface area (Å²) in [7, 11) is -9.92. The van der Waals surface area contributed by atoms with Crippen LogP contribution in [0.3, 0.4) is 0 Å². The van der Waals surface area contributed by atoms with Crippen molar-refractivity contribution in [1.82, 2.24) is 0 Å². The normalized spacial score (nSPS) is 14.1. The number of phosphoric ester groups is 2. The third-order valence-corrected chi connectivity index (χ3v) is 22.0. The fourth-order valence-corrected chi connectivity index (χ4v) is 14.6. The van der Waals surface area contributed by atoms with Crippen LogP contribution in [0, 0.1) is 11.8 Å². The van der Waals surface area contributed by atoms with Gasteiger partial charge in [-0.3, -0.25) is 37.3 Å². The highest BCUT2D eigenvalue weighted by atomic mass is 31.2. The van der Waals surface area contributed by atoms with Crippen molar-refractivity contribution in [3.8, 4) is 0 Å². The smallest absolute Gasteiger partial charge is 0.462 e. The molecule has 3 unspecified atom stereocenters. The molecule has 0 aliphatic carbocycles. The number of rotatable bonds is 83. The van der Waals surface area contributed by atoms with E-state index >= 15 is 0 Å². The van der Waals surface area contributed by atoms with Crippen LogP contribution in [0.15, 0.2) is 0 Å². The zero-order valence-electron chi connectivity index (χ0n) is 67.6. The van der Waals surface area contributed by atoms with Crippen molar-refractivity contribution in [2.75, 3.05) is 39.6 Å². The number of aliphatic hydroxyl groups is 1. The highest BCUT2D eigenvalue weighted by Crippen LogP contribution is 2.45. The molecule has 0 bridgehead atoms. The number of carbonyl (C=O) groups excluding carboxylic acids is 4. The van der Waals surface area contributed by atoms with Crippen molar-refractivity contribution in [3.05, 3.63) is 0 Å². The van der Waals surface area contributed by atoms with Crippen LogP contribution in [-0.4, -0.2) is 96.7 Å². The van der Waals surface area contributed by atoms with E-state index in [9.17, 15) is 43.2 Å². The van der Waals surface area contributed by atoms with Crippen LogP contribution in [0.1, 0.15) is 446 Å². The Morgan fingerprint density at radius 2 is 0.495 bits per heavy atom. The summed E-state index contributed by atoms with van der Waals surface area (Å²) in [6.07, 6.45) is 66.7. The zero-order chi connectivity index (χ0) is 75.6. The third kappa shape index (κ3) is 76.6. The van der Waals surface area contributed by atoms with Crippen LogP contribution >= 0.6 is 15.6 Å². The number of esters is 4. The van der Waals surface area contributed by atoms with Crippen molar-refractivity contribution >= 4 is 39.5 Å². The van der Waals surface area contributed by atoms with Gasteiger partial charge in [-0.1, -0.05) is 395 Å². The topological polar surface area (TPSA) is 237 Å². The monoisotopic (exact) mass is 1510 g/mol. The number of hydrogen-bond acceptors (Lipinski definition) is 15. The Kier molecular flexibility index (Phi) is 74.1. The number of aliphatic hydroxyl groups excluding tert-OH is 1. The summed E-state index contributed by atoms with van der Waals surface area (Å²) in [6.45, 7) is 9.64. The maximum atomic E-state index is 13.1. The van der Waals surface area contributed by atoms with Gasteiger partial charge in [-0.15, -0.1) is 0 Å². The van der Waals surface area contributed by atoms with Crippen LogP contribution in [0.25, 0.3) is 0 Å². The summed E-state index contributed by atoms with van der Waals surface area (Å²) >= 11 is 0. The predicted octanol–water partition coefficient (Wildman–Crippen LogP) is 25.5. The number of ether oxygens (including phenoxy) is 4. The Labute approximate surface area is 632 Å². The number of carbonyl (C=O) groups is 4. The lowest BCUT2D eigenvalue weighted by Crippen LogP contribution is -2.30. The van der Waals surface area contributed by atoms with Gasteiger partial charge in [0.2, 0.25) is 0 Å². The van der Waals surface area contributed by atoms with Crippen molar-refractivity contribution in [2.45, 2.75) is 464 Å². The van der Waals surface area contributed by atoms with E-state index in [4.69, 9.17) is 37.0 Å². The minimum Gasteiger partial charge on any atom is -0.462 e. The van der Waals surface area contributed by atoms with Gasteiger partial charge in [0, 0.05) is 25.7 Å². The summed E-state index contributed by atoms with van der Waals surface area (Å²) in [4.78, 5) is 73.1. The summed E-state index contributed by atoms with van der Waals surface area (Å²) < 4.78 is 68.8.